The van der Waals surface area contributed by atoms with Gasteiger partial charge in [0.2, 0.25) is 0 Å². The Morgan fingerprint density at radius 2 is 1.95 bits per heavy atom. The van der Waals surface area contributed by atoms with Gasteiger partial charge in [0.05, 0.1) is 11.5 Å². The normalized spacial score (nSPS) is 26.6. The first-order valence-electron chi connectivity index (χ1n) is 6.56. The Bertz CT molecular complexity index is 630. The molecule has 2 atom stereocenters. The third-order valence-electron chi connectivity index (χ3n) is 3.81. The first kappa shape index (κ1) is 15.4. The van der Waals surface area contributed by atoms with E-state index in [2.05, 4.69) is 5.32 Å². The summed E-state index contributed by atoms with van der Waals surface area (Å²) in [5.74, 6) is -0.776. The lowest BCUT2D eigenvalue weighted by Crippen LogP contribution is -2.44. The van der Waals surface area contributed by atoms with E-state index < -0.39 is 33.1 Å². The number of hydrogen-bond donors (Lipinski definition) is 1. The summed E-state index contributed by atoms with van der Waals surface area (Å²) in [6.45, 7) is 5.02. The molecule has 1 saturated heterocycles. The van der Waals surface area contributed by atoms with Gasteiger partial charge in [0.15, 0.2) is 9.84 Å². The second kappa shape index (κ2) is 5.07. The summed E-state index contributed by atoms with van der Waals surface area (Å²) < 4.78 is 50.6. The van der Waals surface area contributed by atoms with Crippen LogP contribution in [0.15, 0.2) is 12.1 Å². The molecule has 2 rings (SSSR count). The fourth-order valence-electron chi connectivity index (χ4n) is 2.72. The smallest absolute Gasteiger partial charge is 0.152 e. The minimum absolute atomic E-state index is 0.0281. The number of hydrogen-bond acceptors (Lipinski definition) is 3. The molecule has 0 amide bonds. The van der Waals surface area contributed by atoms with Crippen molar-refractivity contribution in [2.75, 3.05) is 11.5 Å². The van der Waals surface area contributed by atoms with Gasteiger partial charge in [-0.3, -0.25) is 0 Å². The van der Waals surface area contributed by atoms with Gasteiger partial charge in [-0.2, -0.15) is 0 Å². The number of benzene rings is 1. The lowest BCUT2D eigenvalue weighted by atomic mass is 9.97. The standard InChI is InChI=1S/C14H19F2NO2S/c1-9-6-13(16)11(7-12(9)15)10(2)17-14(3)4-5-20(18,19)8-14/h6-7,10,17H,4-5,8H2,1-3H3. The van der Waals surface area contributed by atoms with E-state index in [0.717, 1.165) is 6.07 Å². The van der Waals surface area contributed by atoms with Gasteiger partial charge in [0.25, 0.3) is 0 Å². The van der Waals surface area contributed by atoms with Gasteiger partial charge in [-0.15, -0.1) is 0 Å². The van der Waals surface area contributed by atoms with Crippen molar-refractivity contribution in [2.45, 2.75) is 38.8 Å². The lowest BCUT2D eigenvalue weighted by molar-refractivity contribution is 0.349. The van der Waals surface area contributed by atoms with E-state index >= 15 is 0 Å². The topological polar surface area (TPSA) is 46.2 Å². The minimum Gasteiger partial charge on any atom is -0.304 e. The monoisotopic (exact) mass is 303 g/mol. The Hall–Kier alpha value is -1.01. The highest BCUT2D eigenvalue weighted by Crippen LogP contribution is 2.28. The van der Waals surface area contributed by atoms with Crippen molar-refractivity contribution in [2.24, 2.45) is 0 Å². The molecule has 1 heterocycles. The van der Waals surface area contributed by atoms with Crippen LogP contribution in [0.2, 0.25) is 0 Å². The van der Waals surface area contributed by atoms with Gasteiger partial charge in [0.1, 0.15) is 11.6 Å². The number of rotatable bonds is 3. The summed E-state index contributed by atoms with van der Waals surface area (Å²) in [4.78, 5) is 0. The van der Waals surface area contributed by atoms with Gasteiger partial charge in [-0.05, 0) is 44.9 Å². The van der Waals surface area contributed by atoms with E-state index in [9.17, 15) is 17.2 Å². The van der Waals surface area contributed by atoms with E-state index in [1.54, 1.807) is 13.8 Å². The van der Waals surface area contributed by atoms with Crippen molar-refractivity contribution in [3.05, 3.63) is 34.9 Å². The summed E-state index contributed by atoms with van der Waals surface area (Å²) in [6, 6.07) is 1.88. The van der Waals surface area contributed by atoms with Crippen LogP contribution >= 0.6 is 0 Å². The molecule has 0 saturated carbocycles. The van der Waals surface area contributed by atoms with Crippen LogP contribution < -0.4 is 5.32 Å². The highest BCUT2D eigenvalue weighted by molar-refractivity contribution is 7.91. The van der Waals surface area contributed by atoms with Crippen molar-refractivity contribution in [1.29, 1.82) is 0 Å². The van der Waals surface area contributed by atoms with Crippen LogP contribution in [0.25, 0.3) is 0 Å². The zero-order valence-corrected chi connectivity index (χ0v) is 12.7. The molecule has 2 unspecified atom stereocenters. The maximum atomic E-state index is 13.9. The van der Waals surface area contributed by atoms with Crippen molar-refractivity contribution >= 4 is 9.84 Å². The number of halogens is 2. The molecule has 0 aliphatic carbocycles. The molecule has 1 aromatic carbocycles. The van der Waals surface area contributed by atoms with Gasteiger partial charge >= 0.3 is 0 Å². The highest BCUT2D eigenvalue weighted by Gasteiger charge is 2.39. The Balaban J connectivity index is 2.21. The summed E-state index contributed by atoms with van der Waals surface area (Å²) in [7, 11) is -3.04. The second-order valence-electron chi connectivity index (χ2n) is 5.89. The van der Waals surface area contributed by atoms with Crippen molar-refractivity contribution in [3.63, 3.8) is 0 Å². The van der Waals surface area contributed by atoms with Gasteiger partial charge in [-0.1, -0.05) is 0 Å². The fourth-order valence-corrected chi connectivity index (χ4v) is 4.82. The summed E-state index contributed by atoms with van der Waals surface area (Å²) in [6.07, 6.45) is 0.482. The number of aryl methyl sites for hydroxylation is 1. The van der Waals surface area contributed by atoms with Crippen LogP contribution in [0.4, 0.5) is 8.78 Å². The van der Waals surface area contributed by atoms with Gasteiger partial charge < -0.3 is 5.32 Å². The van der Waals surface area contributed by atoms with E-state index in [4.69, 9.17) is 0 Å². The number of nitrogens with one attached hydrogen (secondary N) is 1. The molecule has 1 aromatic rings. The Labute approximate surface area is 118 Å². The Kier molecular flexibility index (Phi) is 3.90. The molecule has 3 nitrogen and oxygen atoms in total. The highest BCUT2D eigenvalue weighted by atomic mass is 32.2. The molecule has 1 N–H and O–H groups in total. The predicted molar refractivity (Wildman–Crippen MR) is 74.3 cm³/mol. The lowest BCUT2D eigenvalue weighted by Gasteiger charge is -2.29. The average Bonchev–Trinajstić information content (AvgIpc) is 2.57. The van der Waals surface area contributed by atoms with E-state index in [1.165, 1.54) is 13.0 Å². The molecule has 0 radical (unpaired) electrons. The molecule has 6 heteroatoms. The largest absolute Gasteiger partial charge is 0.304 e. The van der Waals surface area contributed by atoms with E-state index in [-0.39, 0.29) is 22.6 Å². The van der Waals surface area contributed by atoms with Crippen molar-refractivity contribution in [1.82, 2.24) is 5.32 Å². The van der Waals surface area contributed by atoms with Crippen LogP contribution in [0.3, 0.4) is 0 Å². The molecule has 0 aromatic heterocycles. The van der Waals surface area contributed by atoms with Crippen LogP contribution in [-0.2, 0) is 9.84 Å². The van der Waals surface area contributed by atoms with E-state index in [0.29, 0.717) is 6.42 Å². The van der Waals surface area contributed by atoms with Crippen LogP contribution in [0.1, 0.15) is 37.4 Å². The van der Waals surface area contributed by atoms with Crippen molar-refractivity contribution < 1.29 is 17.2 Å². The molecule has 0 bridgehead atoms. The maximum Gasteiger partial charge on any atom is 0.152 e. The number of sulfone groups is 1. The Morgan fingerprint density at radius 3 is 2.50 bits per heavy atom. The maximum absolute atomic E-state index is 13.9. The second-order valence-corrected chi connectivity index (χ2v) is 8.08. The van der Waals surface area contributed by atoms with Gasteiger partial charge in [0, 0.05) is 17.1 Å². The van der Waals surface area contributed by atoms with Gasteiger partial charge in [-0.25, -0.2) is 17.2 Å². The van der Waals surface area contributed by atoms with Crippen LogP contribution in [0, 0.1) is 18.6 Å². The molecule has 1 fully saturated rings. The van der Waals surface area contributed by atoms with Crippen LogP contribution in [-0.4, -0.2) is 25.5 Å². The SMILES string of the molecule is Cc1cc(F)c(C(C)NC2(C)CCS(=O)(=O)C2)cc1F. The molecular weight excluding hydrogens is 284 g/mol. The summed E-state index contributed by atoms with van der Waals surface area (Å²) in [5, 5.41) is 3.13. The average molecular weight is 303 g/mol. The zero-order chi connectivity index (χ0) is 15.1. The van der Waals surface area contributed by atoms with Crippen molar-refractivity contribution in [3.8, 4) is 0 Å². The Morgan fingerprint density at radius 1 is 1.30 bits per heavy atom. The molecule has 112 valence electrons. The molecule has 1 aliphatic heterocycles. The van der Waals surface area contributed by atoms with Crippen LogP contribution in [0.5, 0.6) is 0 Å². The minimum atomic E-state index is -3.04. The summed E-state index contributed by atoms with van der Waals surface area (Å²) in [5.41, 5.74) is -0.113. The molecule has 1 aliphatic rings. The van der Waals surface area contributed by atoms with E-state index in [1.807, 2.05) is 0 Å². The molecular formula is C14H19F2NO2S. The third kappa shape index (κ3) is 3.17. The first-order valence-corrected chi connectivity index (χ1v) is 8.38. The third-order valence-corrected chi connectivity index (χ3v) is 5.72. The predicted octanol–water partition coefficient (Wildman–Crippen LogP) is 2.50. The fraction of sp³-hybridized carbons (Fsp3) is 0.571. The summed E-state index contributed by atoms with van der Waals surface area (Å²) >= 11 is 0. The molecule has 20 heavy (non-hydrogen) atoms. The zero-order valence-electron chi connectivity index (χ0n) is 11.8. The molecule has 0 spiro atoms. The quantitative estimate of drug-likeness (QED) is 0.933. The first-order chi connectivity index (χ1) is 9.12.